The van der Waals surface area contributed by atoms with Crippen LogP contribution in [0.25, 0.3) is 0 Å². The predicted molar refractivity (Wildman–Crippen MR) is 155 cm³/mol. The molecule has 0 saturated carbocycles. The van der Waals surface area contributed by atoms with E-state index < -0.39 is 23.6 Å². The molecular formula is C34H44O5. The molecule has 2 aromatic carbocycles. The standard InChI is InChI=1S/C34H44O5/c1-5-6-7-8-13-25-14-11-16-28(27-15-10-9-12-24(27)18-17-23(2)3)29-22-31(36)32(39-4)21-26(29)19-20-30(35)34(38)33(25)37/h9-10,12,15,21-23,25,28,34,36,38H,5-8,13-14,17-20H2,1-4H3. The van der Waals surface area contributed by atoms with Gasteiger partial charge in [0.2, 0.25) is 0 Å². The lowest BCUT2D eigenvalue weighted by atomic mass is 9.81. The molecule has 0 spiro atoms. The van der Waals surface area contributed by atoms with Crippen LogP contribution in [0.5, 0.6) is 11.5 Å². The molecule has 0 amide bonds. The predicted octanol–water partition coefficient (Wildman–Crippen LogP) is 6.55. The first kappa shape index (κ1) is 30.4. The molecule has 0 aliphatic heterocycles. The molecule has 2 N–H and O–H groups in total. The van der Waals surface area contributed by atoms with Crippen molar-refractivity contribution in [3.63, 3.8) is 0 Å². The normalized spacial score (nSPS) is 20.0. The van der Waals surface area contributed by atoms with Gasteiger partial charge in [0.1, 0.15) is 0 Å². The summed E-state index contributed by atoms with van der Waals surface area (Å²) in [5, 5.41) is 21.4. The summed E-state index contributed by atoms with van der Waals surface area (Å²) in [6.07, 6.45) is 5.61. The van der Waals surface area contributed by atoms with E-state index in [1.165, 1.54) is 12.7 Å². The maximum absolute atomic E-state index is 13.2. The van der Waals surface area contributed by atoms with Crippen LogP contribution < -0.4 is 4.74 Å². The number of Topliss-reactive ketones (excluding diaryl/α,β-unsaturated/α-hetero) is 2. The summed E-state index contributed by atoms with van der Waals surface area (Å²) >= 11 is 0. The zero-order valence-electron chi connectivity index (χ0n) is 24.0. The van der Waals surface area contributed by atoms with Crippen molar-refractivity contribution in [1.82, 2.24) is 0 Å². The summed E-state index contributed by atoms with van der Waals surface area (Å²) in [4.78, 5) is 26.1. The first-order valence-corrected chi connectivity index (χ1v) is 14.5. The number of hydrogen-bond acceptors (Lipinski definition) is 5. The minimum atomic E-state index is -1.63. The number of hydrogen-bond donors (Lipinski definition) is 2. The minimum absolute atomic E-state index is 0.0187. The van der Waals surface area contributed by atoms with E-state index in [-0.39, 0.29) is 24.5 Å². The van der Waals surface area contributed by atoms with E-state index in [4.69, 9.17) is 4.74 Å². The highest BCUT2D eigenvalue weighted by atomic mass is 16.5. The van der Waals surface area contributed by atoms with Crippen molar-refractivity contribution in [2.45, 2.75) is 97.0 Å². The van der Waals surface area contributed by atoms with Crippen molar-refractivity contribution >= 4 is 11.6 Å². The molecule has 2 aromatic rings. The largest absolute Gasteiger partial charge is 0.504 e. The Kier molecular flexibility index (Phi) is 11.6. The minimum Gasteiger partial charge on any atom is -0.504 e. The number of ketones is 2. The molecule has 1 aliphatic rings. The van der Waals surface area contributed by atoms with E-state index in [1.807, 2.05) is 12.1 Å². The smallest absolute Gasteiger partial charge is 0.172 e. The molecule has 210 valence electrons. The van der Waals surface area contributed by atoms with E-state index in [2.05, 4.69) is 44.7 Å². The zero-order chi connectivity index (χ0) is 28.4. The molecule has 0 fully saturated rings. The van der Waals surface area contributed by atoms with Gasteiger partial charge in [0.15, 0.2) is 29.2 Å². The van der Waals surface area contributed by atoms with Crippen LogP contribution in [0.4, 0.5) is 0 Å². The lowest BCUT2D eigenvalue weighted by molar-refractivity contribution is -0.141. The van der Waals surface area contributed by atoms with Crippen LogP contribution in [-0.2, 0) is 22.4 Å². The van der Waals surface area contributed by atoms with Crippen LogP contribution in [0.1, 0.15) is 100 Å². The van der Waals surface area contributed by atoms with Crippen molar-refractivity contribution in [2.75, 3.05) is 7.11 Å². The monoisotopic (exact) mass is 532 g/mol. The second-order valence-electron chi connectivity index (χ2n) is 11.1. The summed E-state index contributed by atoms with van der Waals surface area (Å²) in [7, 11) is 1.49. The van der Waals surface area contributed by atoms with Crippen LogP contribution in [0, 0.1) is 23.7 Å². The average molecular weight is 533 g/mol. The van der Waals surface area contributed by atoms with E-state index >= 15 is 0 Å². The van der Waals surface area contributed by atoms with E-state index in [9.17, 15) is 19.8 Å². The first-order chi connectivity index (χ1) is 18.8. The van der Waals surface area contributed by atoms with Gasteiger partial charge in [0.25, 0.3) is 0 Å². The molecule has 3 atom stereocenters. The Morgan fingerprint density at radius 3 is 2.54 bits per heavy atom. The van der Waals surface area contributed by atoms with Crippen LogP contribution in [0.3, 0.4) is 0 Å². The average Bonchev–Trinajstić information content (AvgIpc) is 2.93. The lowest BCUT2D eigenvalue weighted by Crippen LogP contribution is -2.35. The summed E-state index contributed by atoms with van der Waals surface area (Å²) < 4.78 is 5.37. The van der Waals surface area contributed by atoms with E-state index in [0.29, 0.717) is 24.5 Å². The number of carbonyl (C=O) groups is 2. The van der Waals surface area contributed by atoms with Gasteiger partial charge >= 0.3 is 0 Å². The Morgan fingerprint density at radius 1 is 1.05 bits per heavy atom. The van der Waals surface area contributed by atoms with Gasteiger partial charge in [-0.1, -0.05) is 76.6 Å². The fraction of sp³-hybridized carbons (Fsp3) is 0.529. The van der Waals surface area contributed by atoms with E-state index in [0.717, 1.165) is 55.2 Å². The van der Waals surface area contributed by atoms with Crippen molar-refractivity contribution < 1.29 is 24.5 Å². The Balaban J connectivity index is 2.12. The van der Waals surface area contributed by atoms with Crippen molar-refractivity contribution in [3.05, 3.63) is 58.7 Å². The number of fused-ring (bicyclic) bond motifs is 1. The molecular weight excluding hydrogens is 488 g/mol. The number of aryl methyl sites for hydroxylation is 2. The molecule has 0 radical (unpaired) electrons. The van der Waals surface area contributed by atoms with Crippen molar-refractivity contribution in [2.24, 2.45) is 11.8 Å². The van der Waals surface area contributed by atoms with Crippen molar-refractivity contribution in [1.29, 1.82) is 0 Å². The topological polar surface area (TPSA) is 83.8 Å². The molecule has 5 heteroatoms. The van der Waals surface area contributed by atoms with Crippen molar-refractivity contribution in [3.8, 4) is 23.3 Å². The number of benzene rings is 2. The lowest BCUT2D eigenvalue weighted by Gasteiger charge is -2.23. The number of rotatable bonds is 10. The van der Waals surface area contributed by atoms with Gasteiger partial charge in [-0.25, -0.2) is 0 Å². The number of aliphatic hydroxyl groups excluding tert-OH is 1. The van der Waals surface area contributed by atoms with E-state index in [1.54, 1.807) is 12.1 Å². The molecule has 0 saturated heterocycles. The third-order valence-corrected chi connectivity index (χ3v) is 7.73. The SMILES string of the molecule is CCCCCCC1CC#CC(c2ccccc2CCC(C)C)c2cc(O)c(OC)cc2CCC(=O)C(O)C1=O. The maximum Gasteiger partial charge on any atom is 0.172 e. The van der Waals surface area contributed by atoms with Gasteiger partial charge in [-0.15, -0.1) is 5.92 Å². The fourth-order valence-corrected chi connectivity index (χ4v) is 5.31. The quantitative estimate of drug-likeness (QED) is 0.206. The Bertz CT molecular complexity index is 1190. The number of aromatic hydroxyl groups is 1. The Hall–Kier alpha value is -3.10. The number of phenolic OH excluding ortho intramolecular Hbond substituents is 1. The molecule has 1 aliphatic carbocycles. The second kappa shape index (κ2) is 14.9. The number of ether oxygens (including phenoxy) is 1. The second-order valence-corrected chi connectivity index (χ2v) is 11.1. The summed E-state index contributed by atoms with van der Waals surface area (Å²) in [5.41, 5.74) is 3.92. The third kappa shape index (κ3) is 8.19. The molecule has 3 rings (SSSR count). The number of carbonyl (C=O) groups excluding carboxylic acids is 2. The number of aliphatic hydroxyl groups is 1. The highest BCUT2D eigenvalue weighted by Crippen LogP contribution is 2.38. The van der Waals surface area contributed by atoms with Crippen LogP contribution in [0.2, 0.25) is 0 Å². The Labute approximate surface area is 234 Å². The molecule has 3 unspecified atom stereocenters. The summed E-state index contributed by atoms with van der Waals surface area (Å²) in [6.45, 7) is 6.56. The molecule has 0 bridgehead atoms. The third-order valence-electron chi connectivity index (χ3n) is 7.73. The number of phenols is 1. The molecule has 0 heterocycles. The number of unbranched alkanes of at least 4 members (excludes halogenated alkanes) is 3. The highest BCUT2D eigenvalue weighted by Gasteiger charge is 2.31. The molecule has 5 nitrogen and oxygen atoms in total. The molecule has 0 aromatic heterocycles. The van der Waals surface area contributed by atoms with Gasteiger partial charge in [0.05, 0.1) is 13.0 Å². The fourth-order valence-electron chi connectivity index (χ4n) is 5.31. The van der Waals surface area contributed by atoms with Gasteiger partial charge in [-0.05, 0) is 66.0 Å². The van der Waals surface area contributed by atoms with Crippen LogP contribution in [-0.4, -0.2) is 35.0 Å². The van der Waals surface area contributed by atoms with Gasteiger partial charge in [0, 0.05) is 18.8 Å². The van der Waals surface area contributed by atoms with Gasteiger partial charge in [-0.2, -0.15) is 0 Å². The highest BCUT2D eigenvalue weighted by molar-refractivity contribution is 6.06. The van der Waals surface area contributed by atoms with Crippen LogP contribution >= 0.6 is 0 Å². The zero-order valence-corrected chi connectivity index (χ0v) is 24.0. The maximum atomic E-state index is 13.2. The summed E-state index contributed by atoms with van der Waals surface area (Å²) in [5.74, 6) is 5.93. The van der Waals surface area contributed by atoms with Crippen LogP contribution in [0.15, 0.2) is 36.4 Å². The first-order valence-electron chi connectivity index (χ1n) is 14.5. The summed E-state index contributed by atoms with van der Waals surface area (Å²) in [6, 6.07) is 11.7. The Morgan fingerprint density at radius 2 is 1.82 bits per heavy atom. The van der Waals surface area contributed by atoms with Gasteiger partial charge in [-0.3, -0.25) is 9.59 Å². The van der Waals surface area contributed by atoms with Gasteiger partial charge < -0.3 is 14.9 Å². The molecule has 39 heavy (non-hydrogen) atoms. The number of methoxy groups -OCH3 is 1.